The first-order valence-corrected chi connectivity index (χ1v) is 11.5. The number of carbonyl (C=O) groups excluding carboxylic acids is 5. The van der Waals surface area contributed by atoms with Crippen LogP contribution in [-0.2, 0) is 57.1 Å². The highest BCUT2D eigenvalue weighted by Crippen LogP contribution is 2.31. The van der Waals surface area contributed by atoms with Crippen molar-refractivity contribution in [3.05, 3.63) is 41.4 Å². The van der Waals surface area contributed by atoms with Gasteiger partial charge in [0.1, 0.15) is 18.5 Å². The molecule has 1 aromatic carbocycles. The average Bonchev–Trinajstić information content (AvgIpc) is 2.80. The highest BCUT2D eigenvalue weighted by molar-refractivity contribution is 5.91. The van der Waals surface area contributed by atoms with Crippen LogP contribution in [0.3, 0.4) is 0 Å². The third kappa shape index (κ3) is 9.14. The number of benzene rings is 1. The second-order valence-corrected chi connectivity index (χ2v) is 7.97. The molecule has 13 heteroatoms. The molecule has 0 bridgehead atoms. The molecule has 0 radical (unpaired) electrons. The van der Waals surface area contributed by atoms with Gasteiger partial charge in [0.2, 0.25) is 18.2 Å². The molecule has 208 valence electrons. The topological polar surface area (TPSA) is 150 Å². The van der Waals surface area contributed by atoms with Crippen LogP contribution in [0.2, 0.25) is 0 Å². The molecule has 1 aliphatic rings. The first-order valence-electron chi connectivity index (χ1n) is 11.5. The van der Waals surface area contributed by atoms with E-state index in [1.54, 1.807) is 6.92 Å². The summed E-state index contributed by atoms with van der Waals surface area (Å²) in [7, 11) is 0. The van der Waals surface area contributed by atoms with Crippen molar-refractivity contribution in [1.82, 2.24) is 0 Å². The molecule has 0 aromatic heterocycles. The Bertz CT molecular complexity index is 1070. The normalized spacial score (nSPS) is 23.0. The molecule has 0 saturated carbocycles. The van der Waals surface area contributed by atoms with Crippen molar-refractivity contribution in [3.8, 4) is 0 Å². The zero-order valence-electron chi connectivity index (χ0n) is 21.5. The molecule has 1 aliphatic heterocycles. The Labute approximate surface area is 217 Å². The minimum absolute atomic E-state index is 0.0404. The van der Waals surface area contributed by atoms with Crippen LogP contribution in [-0.4, -0.2) is 73.8 Å². The number of rotatable bonds is 10. The van der Waals surface area contributed by atoms with Gasteiger partial charge in [0, 0.05) is 27.7 Å². The molecule has 0 N–H and O–H groups in total. The predicted octanol–water partition coefficient (Wildman–Crippen LogP) is 1.83. The van der Waals surface area contributed by atoms with Crippen LogP contribution >= 0.6 is 0 Å². The van der Waals surface area contributed by atoms with Gasteiger partial charge < -0.3 is 33.2 Å². The first-order chi connectivity index (χ1) is 17.9. The van der Waals surface area contributed by atoms with Gasteiger partial charge in [0.25, 0.3) is 0 Å². The lowest BCUT2D eigenvalue weighted by molar-refractivity contribution is -0.299. The average molecular weight is 540 g/mol. The van der Waals surface area contributed by atoms with E-state index in [-0.39, 0.29) is 12.2 Å². The lowest BCUT2D eigenvalue weighted by Gasteiger charge is -2.43. The highest BCUT2D eigenvalue weighted by atomic mass is 19.1. The molecule has 1 fully saturated rings. The minimum atomic E-state index is -1.67. The summed E-state index contributed by atoms with van der Waals surface area (Å²) in [5.74, 6) is -5.22. The van der Waals surface area contributed by atoms with E-state index >= 15 is 0 Å². The monoisotopic (exact) mass is 540 g/mol. The SMILES string of the molecule is CCOC(=O)/C(=C/c1cccc(F)c1)O[C@H]1O[C@@H](COC(C)=O)[C@@H](OC(C)=O)[C@@H](OC(C)=O)[C@@H]1OC(C)=O. The standard InChI is InChI=1S/C25H29FO12/c1-6-32-24(31)19(11-17-8-7-9-18(26)10-17)37-25-23(36-16(5)30)22(35-15(4)29)21(34-14(3)28)20(38-25)12-33-13(2)27/h7-11,20-23,25H,6,12H2,1-5H3/b19-11-/t20-,21+,22+,23-,25-/m0/s1. The van der Waals surface area contributed by atoms with E-state index in [1.165, 1.54) is 18.2 Å². The molecule has 0 spiro atoms. The van der Waals surface area contributed by atoms with E-state index in [9.17, 15) is 28.4 Å². The molecule has 2 rings (SSSR count). The fraction of sp³-hybridized carbons (Fsp3) is 0.480. The largest absolute Gasteiger partial charge is 0.463 e. The molecule has 38 heavy (non-hydrogen) atoms. The van der Waals surface area contributed by atoms with Crippen LogP contribution in [0.25, 0.3) is 6.08 Å². The van der Waals surface area contributed by atoms with Crippen LogP contribution in [0.5, 0.6) is 0 Å². The van der Waals surface area contributed by atoms with Gasteiger partial charge in [0.05, 0.1) is 6.61 Å². The number of hydrogen-bond donors (Lipinski definition) is 0. The van der Waals surface area contributed by atoms with Crippen molar-refractivity contribution in [2.24, 2.45) is 0 Å². The number of ether oxygens (including phenoxy) is 7. The summed E-state index contributed by atoms with van der Waals surface area (Å²) in [5.41, 5.74) is 0.221. The molecular weight excluding hydrogens is 511 g/mol. The molecular formula is C25H29FO12. The van der Waals surface area contributed by atoms with Gasteiger partial charge in [-0.1, -0.05) is 12.1 Å². The van der Waals surface area contributed by atoms with E-state index in [4.69, 9.17) is 33.2 Å². The van der Waals surface area contributed by atoms with Crippen LogP contribution in [0.15, 0.2) is 30.0 Å². The van der Waals surface area contributed by atoms with Crippen molar-refractivity contribution >= 4 is 35.9 Å². The Morgan fingerprint density at radius 1 is 0.842 bits per heavy atom. The van der Waals surface area contributed by atoms with Gasteiger partial charge in [-0.05, 0) is 30.7 Å². The number of halogens is 1. The fourth-order valence-electron chi connectivity index (χ4n) is 3.50. The number of hydrogen-bond acceptors (Lipinski definition) is 12. The third-order valence-electron chi connectivity index (χ3n) is 4.81. The van der Waals surface area contributed by atoms with Crippen LogP contribution < -0.4 is 0 Å². The summed E-state index contributed by atoms with van der Waals surface area (Å²) in [5, 5.41) is 0. The van der Waals surface area contributed by atoms with Gasteiger partial charge >= 0.3 is 29.8 Å². The van der Waals surface area contributed by atoms with Gasteiger partial charge in [-0.3, -0.25) is 19.2 Å². The molecule has 12 nitrogen and oxygen atoms in total. The summed E-state index contributed by atoms with van der Waals surface area (Å²) in [6.07, 6.45) is -6.27. The maximum absolute atomic E-state index is 13.8. The predicted molar refractivity (Wildman–Crippen MR) is 124 cm³/mol. The van der Waals surface area contributed by atoms with Gasteiger partial charge in [-0.25, -0.2) is 9.18 Å². The fourth-order valence-corrected chi connectivity index (χ4v) is 3.50. The molecule has 1 heterocycles. The van der Waals surface area contributed by atoms with E-state index in [1.807, 2.05) is 0 Å². The molecule has 5 atom stereocenters. The van der Waals surface area contributed by atoms with E-state index in [0.29, 0.717) is 0 Å². The van der Waals surface area contributed by atoms with Crippen LogP contribution in [0, 0.1) is 5.82 Å². The van der Waals surface area contributed by atoms with E-state index in [0.717, 1.165) is 39.8 Å². The summed E-state index contributed by atoms with van der Waals surface area (Å²) in [4.78, 5) is 59.9. The molecule has 0 unspecified atom stereocenters. The third-order valence-corrected chi connectivity index (χ3v) is 4.81. The summed E-state index contributed by atoms with van der Waals surface area (Å²) >= 11 is 0. The van der Waals surface area contributed by atoms with Gasteiger partial charge in [-0.2, -0.15) is 0 Å². The Kier molecular flexibility index (Phi) is 11.2. The Morgan fingerprint density at radius 3 is 2.00 bits per heavy atom. The van der Waals surface area contributed by atoms with Crippen molar-refractivity contribution < 1.29 is 61.5 Å². The number of esters is 5. The van der Waals surface area contributed by atoms with Crippen molar-refractivity contribution in [3.63, 3.8) is 0 Å². The second kappa shape index (κ2) is 14.1. The molecule has 1 aromatic rings. The number of carbonyl (C=O) groups is 5. The van der Waals surface area contributed by atoms with Crippen molar-refractivity contribution in [2.75, 3.05) is 13.2 Å². The Hall–Kier alpha value is -4.00. The summed E-state index contributed by atoms with van der Waals surface area (Å²) in [6, 6.07) is 5.20. The van der Waals surface area contributed by atoms with Crippen molar-refractivity contribution in [1.29, 1.82) is 0 Å². The second-order valence-electron chi connectivity index (χ2n) is 7.97. The van der Waals surface area contributed by atoms with E-state index < -0.39 is 78.7 Å². The quantitative estimate of drug-likeness (QED) is 0.184. The first kappa shape index (κ1) is 30.2. The minimum Gasteiger partial charge on any atom is -0.463 e. The molecule has 0 aliphatic carbocycles. The maximum atomic E-state index is 13.8. The molecule has 1 saturated heterocycles. The zero-order valence-corrected chi connectivity index (χ0v) is 21.5. The molecule has 0 amide bonds. The summed E-state index contributed by atoms with van der Waals surface area (Å²) < 4.78 is 51.3. The van der Waals surface area contributed by atoms with Crippen LogP contribution in [0.1, 0.15) is 40.2 Å². The lowest BCUT2D eigenvalue weighted by atomic mass is 9.98. The van der Waals surface area contributed by atoms with E-state index in [2.05, 4.69) is 0 Å². The maximum Gasteiger partial charge on any atom is 0.373 e. The van der Waals surface area contributed by atoms with Gasteiger partial charge in [0.15, 0.2) is 12.2 Å². The van der Waals surface area contributed by atoms with Crippen molar-refractivity contribution in [2.45, 2.75) is 65.3 Å². The van der Waals surface area contributed by atoms with Gasteiger partial charge in [-0.15, -0.1) is 0 Å². The Balaban J connectivity index is 2.58. The highest BCUT2D eigenvalue weighted by Gasteiger charge is 2.53. The zero-order chi connectivity index (χ0) is 28.4. The summed E-state index contributed by atoms with van der Waals surface area (Å²) in [6.45, 7) is 5.35. The smallest absolute Gasteiger partial charge is 0.373 e. The van der Waals surface area contributed by atoms with Crippen LogP contribution in [0.4, 0.5) is 4.39 Å². The Morgan fingerprint density at radius 2 is 1.45 bits per heavy atom. The lowest BCUT2D eigenvalue weighted by Crippen LogP contribution is -2.63.